The predicted molar refractivity (Wildman–Crippen MR) is 58.1 cm³/mol. The first-order chi connectivity index (χ1) is 6.93. The molecular formula is C13H8N. The second kappa shape index (κ2) is 2.81. The number of benzene rings is 2. The van der Waals surface area contributed by atoms with Crippen molar-refractivity contribution in [2.24, 2.45) is 0 Å². The van der Waals surface area contributed by atoms with Crippen LogP contribution >= 0.6 is 0 Å². The standard InChI is InChI=1S/C13H8N/c1-2-4-11-8-13-9-14-6-5-12(13)7-10(11)3-1/h1-8H. The maximum Gasteiger partial charge on any atom is 0.0970 e. The van der Waals surface area contributed by atoms with Crippen LogP contribution in [0.3, 0.4) is 0 Å². The van der Waals surface area contributed by atoms with Gasteiger partial charge in [0.05, 0.1) is 6.20 Å². The van der Waals surface area contributed by atoms with E-state index in [1.165, 1.54) is 16.2 Å². The second-order valence-corrected chi connectivity index (χ2v) is 3.34. The average molecular weight is 178 g/mol. The van der Waals surface area contributed by atoms with Gasteiger partial charge in [0, 0.05) is 11.6 Å². The Balaban J connectivity index is 2.52. The number of hydrogen-bond acceptors (Lipinski definition) is 1. The van der Waals surface area contributed by atoms with Crippen LogP contribution in [-0.2, 0) is 0 Å². The molecule has 0 amide bonds. The summed E-state index contributed by atoms with van der Waals surface area (Å²) in [5.41, 5.74) is 0. The van der Waals surface area contributed by atoms with Crippen molar-refractivity contribution in [1.29, 1.82) is 0 Å². The Labute approximate surface area is 82.0 Å². The first-order valence-electron chi connectivity index (χ1n) is 4.59. The van der Waals surface area contributed by atoms with Gasteiger partial charge in [0.1, 0.15) is 0 Å². The predicted octanol–water partition coefficient (Wildman–Crippen LogP) is 3.19. The molecule has 0 saturated carbocycles. The summed E-state index contributed by atoms with van der Waals surface area (Å²) in [5.74, 6) is 0. The molecule has 3 aromatic rings. The second-order valence-electron chi connectivity index (χ2n) is 3.34. The summed E-state index contributed by atoms with van der Waals surface area (Å²) < 4.78 is 0. The third-order valence-corrected chi connectivity index (χ3v) is 2.43. The van der Waals surface area contributed by atoms with Gasteiger partial charge in [0.25, 0.3) is 0 Å². The van der Waals surface area contributed by atoms with E-state index >= 15 is 0 Å². The van der Waals surface area contributed by atoms with Gasteiger partial charge in [-0.2, -0.15) is 0 Å². The number of rotatable bonds is 0. The lowest BCUT2D eigenvalue weighted by atomic mass is 10.1. The van der Waals surface area contributed by atoms with Crippen LogP contribution in [0.4, 0.5) is 0 Å². The van der Waals surface area contributed by atoms with E-state index in [2.05, 4.69) is 41.5 Å². The van der Waals surface area contributed by atoms with Gasteiger partial charge in [0.2, 0.25) is 0 Å². The van der Waals surface area contributed by atoms with Crippen LogP contribution in [0.25, 0.3) is 21.5 Å². The molecule has 3 rings (SSSR count). The quantitative estimate of drug-likeness (QED) is 0.482. The molecule has 0 aliphatic rings. The van der Waals surface area contributed by atoms with E-state index in [1.807, 2.05) is 12.1 Å². The van der Waals surface area contributed by atoms with E-state index in [9.17, 15) is 0 Å². The molecule has 0 aliphatic heterocycles. The summed E-state index contributed by atoms with van der Waals surface area (Å²) in [6, 6.07) is 14.6. The maximum atomic E-state index is 3.99. The van der Waals surface area contributed by atoms with Crippen LogP contribution in [0, 0.1) is 6.20 Å². The highest BCUT2D eigenvalue weighted by atomic mass is 14.6. The van der Waals surface area contributed by atoms with Crippen LogP contribution in [0.5, 0.6) is 0 Å². The largest absolute Gasteiger partial charge is 0.254 e. The van der Waals surface area contributed by atoms with Crippen molar-refractivity contribution in [2.75, 3.05) is 0 Å². The first-order valence-corrected chi connectivity index (χ1v) is 4.59. The summed E-state index contributed by atoms with van der Waals surface area (Å²) in [4.78, 5) is 3.99. The average Bonchev–Trinajstić information content (AvgIpc) is 2.26. The van der Waals surface area contributed by atoms with Crippen LogP contribution in [0.1, 0.15) is 0 Å². The van der Waals surface area contributed by atoms with Crippen molar-refractivity contribution >= 4 is 21.5 Å². The number of pyridine rings is 1. The molecule has 0 spiro atoms. The van der Waals surface area contributed by atoms with Crippen LogP contribution in [0.15, 0.2) is 48.7 Å². The van der Waals surface area contributed by atoms with E-state index in [-0.39, 0.29) is 0 Å². The number of hydrogen-bond donors (Lipinski definition) is 0. The number of fused-ring (bicyclic) bond motifs is 2. The minimum Gasteiger partial charge on any atom is -0.254 e. The molecule has 0 saturated heterocycles. The Morgan fingerprint density at radius 1 is 0.857 bits per heavy atom. The molecule has 0 aliphatic carbocycles. The lowest BCUT2D eigenvalue weighted by molar-refractivity contribution is 1.35. The zero-order chi connectivity index (χ0) is 9.38. The highest BCUT2D eigenvalue weighted by Gasteiger charge is 1.96. The molecule has 1 nitrogen and oxygen atoms in total. The number of nitrogens with zero attached hydrogens (tertiary/aromatic N) is 1. The van der Waals surface area contributed by atoms with Gasteiger partial charge in [0.15, 0.2) is 0 Å². The fourth-order valence-corrected chi connectivity index (χ4v) is 1.72. The van der Waals surface area contributed by atoms with Gasteiger partial charge in [-0.1, -0.05) is 24.3 Å². The van der Waals surface area contributed by atoms with Crippen molar-refractivity contribution in [2.45, 2.75) is 0 Å². The van der Waals surface area contributed by atoms with Gasteiger partial charge < -0.3 is 0 Å². The van der Waals surface area contributed by atoms with Crippen LogP contribution < -0.4 is 0 Å². The van der Waals surface area contributed by atoms with Crippen LogP contribution in [0.2, 0.25) is 0 Å². The Kier molecular flexibility index (Phi) is 1.51. The smallest absolute Gasteiger partial charge is 0.0970 e. The summed E-state index contributed by atoms with van der Waals surface area (Å²) in [7, 11) is 0. The van der Waals surface area contributed by atoms with E-state index in [1.54, 1.807) is 6.20 Å². The summed E-state index contributed by atoms with van der Waals surface area (Å²) in [5, 5.41) is 4.77. The zero-order valence-electron chi connectivity index (χ0n) is 7.57. The molecule has 1 heteroatoms. The van der Waals surface area contributed by atoms with Crippen molar-refractivity contribution < 1.29 is 0 Å². The molecular weight excluding hydrogens is 170 g/mol. The fraction of sp³-hybridized carbons (Fsp3) is 0. The monoisotopic (exact) mass is 178 g/mol. The maximum absolute atomic E-state index is 3.99. The van der Waals surface area contributed by atoms with E-state index < -0.39 is 0 Å². The molecule has 2 aromatic carbocycles. The normalized spacial score (nSPS) is 10.9. The highest BCUT2D eigenvalue weighted by molar-refractivity contribution is 5.97. The lowest BCUT2D eigenvalue weighted by Gasteiger charge is -2.00. The summed E-state index contributed by atoms with van der Waals surface area (Å²) in [6.07, 6.45) is 4.77. The third kappa shape index (κ3) is 1.06. The number of aromatic nitrogens is 1. The molecule has 0 fully saturated rings. The molecule has 1 aromatic heterocycles. The molecule has 1 heterocycles. The summed E-state index contributed by atoms with van der Waals surface area (Å²) >= 11 is 0. The Hall–Kier alpha value is -1.89. The van der Waals surface area contributed by atoms with Crippen molar-refractivity contribution in [3.05, 3.63) is 54.9 Å². The lowest BCUT2D eigenvalue weighted by Crippen LogP contribution is -1.77. The van der Waals surface area contributed by atoms with Gasteiger partial charge in [-0.15, -0.1) is 0 Å². The molecule has 0 bridgehead atoms. The van der Waals surface area contributed by atoms with Gasteiger partial charge >= 0.3 is 0 Å². The molecule has 0 N–H and O–H groups in total. The third-order valence-electron chi connectivity index (χ3n) is 2.43. The van der Waals surface area contributed by atoms with Crippen molar-refractivity contribution in [1.82, 2.24) is 4.98 Å². The summed E-state index contributed by atoms with van der Waals surface area (Å²) in [6.45, 7) is 0. The molecule has 1 radical (unpaired) electrons. The van der Waals surface area contributed by atoms with Crippen LogP contribution in [-0.4, -0.2) is 4.98 Å². The van der Waals surface area contributed by atoms with Crippen molar-refractivity contribution in [3.8, 4) is 0 Å². The topological polar surface area (TPSA) is 12.9 Å². The SMILES string of the molecule is [c]1nccc2cc3ccccc3cc12. The zero-order valence-corrected chi connectivity index (χ0v) is 7.57. The van der Waals surface area contributed by atoms with E-state index in [0.717, 1.165) is 5.39 Å². The van der Waals surface area contributed by atoms with E-state index in [0.29, 0.717) is 0 Å². The minimum atomic E-state index is 1.08. The molecule has 65 valence electrons. The minimum absolute atomic E-state index is 1.08. The van der Waals surface area contributed by atoms with Gasteiger partial charge in [-0.25, -0.2) is 0 Å². The van der Waals surface area contributed by atoms with Crippen molar-refractivity contribution in [3.63, 3.8) is 0 Å². The Bertz CT molecular complexity index is 494. The first kappa shape index (κ1) is 7.51. The fourth-order valence-electron chi connectivity index (χ4n) is 1.72. The van der Waals surface area contributed by atoms with Gasteiger partial charge in [-0.05, 0) is 34.4 Å². The Morgan fingerprint density at radius 2 is 1.64 bits per heavy atom. The molecule has 14 heavy (non-hydrogen) atoms. The van der Waals surface area contributed by atoms with E-state index in [4.69, 9.17) is 0 Å². The highest BCUT2D eigenvalue weighted by Crippen LogP contribution is 2.21. The molecule has 0 atom stereocenters. The van der Waals surface area contributed by atoms with Gasteiger partial charge in [-0.3, -0.25) is 4.98 Å². The molecule has 0 unspecified atom stereocenters. The Morgan fingerprint density at radius 3 is 2.50 bits per heavy atom.